The van der Waals surface area contributed by atoms with Gasteiger partial charge >= 0.3 is 0 Å². The molecular formula is C8H5BrF3N3. The Morgan fingerprint density at radius 3 is 2.67 bits per heavy atom. The van der Waals surface area contributed by atoms with Crippen LogP contribution < -0.4 is 0 Å². The summed E-state index contributed by atoms with van der Waals surface area (Å²) in [7, 11) is 0. The van der Waals surface area contributed by atoms with Gasteiger partial charge in [-0.1, -0.05) is 0 Å². The summed E-state index contributed by atoms with van der Waals surface area (Å²) in [6.07, 6.45) is -2.93. The van der Waals surface area contributed by atoms with Crippen LogP contribution in [-0.4, -0.2) is 21.2 Å². The topological polar surface area (TPSA) is 30.7 Å². The summed E-state index contributed by atoms with van der Waals surface area (Å²) < 4.78 is 38.5. The molecule has 0 N–H and O–H groups in total. The summed E-state index contributed by atoms with van der Waals surface area (Å²) in [4.78, 5) is 3.83. The van der Waals surface area contributed by atoms with Crippen LogP contribution in [-0.2, 0) is 0 Å². The number of nitrogens with zero attached hydrogens (tertiary/aromatic N) is 3. The first-order chi connectivity index (χ1) is 7.09. The SMILES string of the molecule is FC(F)C(F)n1ncc2cc(Br)ncc21. The van der Waals surface area contributed by atoms with Crippen molar-refractivity contribution in [2.24, 2.45) is 0 Å². The highest BCUT2D eigenvalue weighted by Gasteiger charge is 2.23. The van der Waals surface area contributed by atoms with Gasteiger partial charge in [-0.2, -0.15) is 5.10 Å². The predicted molar refractivity (Wildman–Crippen MR) is 51.4 cm³/mol. The number of aromatic nitrogens is 3. The van der Waals surface area contributed by atoms with Crippen LogP contribution in [0.3, 0.4) is 0 Å². The van der Waals surface area contributed by atoms with Gasteiger partial charge in [0.25, 0.3) is 12.7 Å². The minimum absolute atomic E-state index is 0.242. The molecule has 2 rings (SSSR count). The lowest BCUT2D eigenvalue weighted by atomic mass is 10.3. The maximum Gasteiger partial charge on any atom is 0.289 e. The van der Waals surface area contributed by atoms with E-state index in [1.54, 1.807) is 6.07 Å². The Kier molecular flexibility index (Phi) is 2.64. The zero-order valence-corrected chi connectivity index (χ0v) is 8.83. The highest BCUT2D eigenvalue weighted by atomic mass is 79.9. The van der Waals surface area contributed by atoms with Crippen molar-refractivity contribution in [3.05, 3.63) is 23.1 Å². The fourth-order valence-corrected chi connectivity index (χ4v) is 1.57. The van der Waals surface area contributed by atoms with E-state index in [4.69, 9.17) is 0 Å². The van der Waals surface area contributed by atoms with Crippen LogP contribution in [0.25, 0.3) is 10.9 Å². The molecule has 0 fully saturated rings. The summed E-state index contributed by atoms with van der Waals surface area (Å²) >= 11 is 3.12. The van der Waals surface area contributed by atoms with Gasteiger partial charge in [0, 0.05) is 5.39 Å². The molecule has 0 aliphatic carbocycles. The lowest BCUT2D eigenvalue weighted by molar-refractivity contribution is 0.00341. The number of pyridine rings is 1. The Labute approximate surface area is 91.0 Å². The molecule has 0 saturated carbocycles. The molecule has 15 heavy (non-hydrogen) atoms. The van der Waals surface area contributed by atoms with Gasteiger partial charge in [-0.3, -0.25) is 0 Å². The first-order valence-electron chi connectivity index (χ1n) is 4.00. The second kappa shape index (κ2) is 3.80. The van der Waals surface area contributed by atoms with Gasteiger partial charge in [0.05, 0.1) is 17.9 Å². The van der Waals surface area contributed by atoms with Gasteiger partial charge in [-0.15, -0.1) is 0 Å². The molecule has 0 radical (unpaired) electrons. The second-order valence-corrected chi connectivity index (χ2v) is 3.67. The molecule has 0 aliphatic heterocycles. The Morgan fingerprint density at radius 1 is 1.27 bits per heavy atom. The molecule has 0 aromatic carbocycles. The third kappa shape index (κ3) is 1.83. The van der Waals surface area contributed by atoms with Crippen molar-refractivity contribution in [2.45, 2.75) is 12.7 Å². The van der Waals surface area contributed by atoms with Crippen LogP contribution >= 0.6 is 15.9 Å². The molecule has 1 unspecified atom stereocenters. The number of halogens is 4. The molecule has 2 aromatic rings. The Balaban J connectivity index is 2.54. The average Bonchev–Trinajstić information content (AvgIpc) is 2.59. The van der Waals surface area contributed by atoms with Crippen LogP contribution in [0.5, 0.6) is 0 Å². The molecule has 1 atom stereocenters. The molecule has 2 aromatic heterocycles. The van der Waals surface area contributed by atoms with E-state index in [0.717, 1.165) is 0 Å². The van der Waals surface area contributed by atoms with E-state index in [2.05, 4.69) is 26.0 Å². The molecule has 0 bridgehead atoms. The van der Waals surface area contributed by atoms with Crippen LogP contribution in [0.15, 0.2) is 23.1 Å². The van der Waals surface area contributed by atoms with Crippen molar-refractivity contribution < 1.29 is 13.2 Å². The molecule has 2 heterocycles. The monoisotopic (exact) mass is 279 g/mol. The summed E-state index contributed by atoms with van der Waals surface area (Å²) in [5.74, 6) is 0. The van der Waals surface area contributed by atoms with Gasteiger partial charge < -0.3 is 0 Å². The quantitative estimate of drug-likeness (QED) is 0.792. The first kappa shape index (κ1) is 10.4. The Bertz CT molecular complexity index is 485. The minimum Gasteiger partial charge on any atom is -0.247 e. The summed E-state index contributed by atoms with van der Waals surface area (Å²) in [6, 6.07) is 1.58. The largest absolute Gasteiger partial charge is 0.289 e. The zero-order valence-electron chi connectivity index (χ0n) is 7.24. The van der Waals surface area contributed by atoms with Crippen molar-refractivity contribution in [1.29, 1.82) is 0 Å². The van der Waals surface area contributed by atoms with Gasteiger partial charge in [0.1, 0.15) is 4.60 Å². The van der Waals surface area contributed by atoms with E-state index in [-0.39, 0.29) is 5.52 Å². The fourth-order valence-electron chi connectivity index (χ4n) is 1.22. The van der Waals surface area contributed by atoms with Crippen LogP contribution in [0.2, 0.25) is 0 Å². The lowest BCUT2D eigenvalue weighted by Gasteiger charge is -2.07. The first-order valence-corrected chi connectivity index (χ1v) is 4.80. The number of alkyl halides is 3. The Morgan fingerprint density at radius 2 is 2.00 bits per heavy atom. The third-order valence-electron chi connectivity index (χ3n) is 1.89. The molecule has 0 aliphatic rings. The van der Waals surface area contributed by atoms with Crippen molar-refractivity contribution in [1.82, 2.24) is 14.8 Å². The highest BCUT2D eigenvalue weighted by molar-refractivity contribution is 9.10. The van der Waals surface area contributed by atoms with E-state index >= 15 is 0 Å². The molecule has 3 nitrogen and oxygen atoms in total. The van der Waals surface area contributed by atoms with Gasteiger partial charge in [0.2, 0.25) is 0 Å². The van der Waals surface area contributed by atoms with Crippen LogP contribution in [0.1, 0.15) is 6.30 Å². The molecule has 0 spiro atoms. The van der Waals surface area contributed by atoms with Gasteiger partial charge in [0.15, 0.2) is 0 Å². The van der Waals surface area contributed by atoms with Crippen molar-refractivity contribution in [3.8, 4) is 0 Å². The minimum atomic E-state index is -3.10. The standard InChI is InChI=1S/C8H5BrF3N3/c9-6-1-4-2-14-15(5(4)3-13-6)8(12)7(10)11/h1-3,7-8H. The molecule has 0 amide bonds. The number of fused-ring (bicyclic) bond motifs is 1. The van der Waals surface area contributed by atoms with E-state index in [1.807, 2.05) is 0 Å². The van der Waals surface area contributed by atoms with Crippen molar-refractivity contribution in [2.75, 3.05) is 0 Å². The highest BCUT2D eigenvalue weighted by Crippen LogP contribution is 2.24. The van der Waals surface area contributed by atoms with E-state index in [9.17, 15) is 13.2 Å². The fraction of sp³-hybridized carbons (Fsp3) is 0.250. The summed E-state index contributed by atoms with van der Waals surface area (Å²) in [5.41, 5.74) is 0.242. The van der Waals surface area contributed by atoms with E-state index in [1.165, 1.54) is 12.4 Å². The van der Waals surface area contributed by atoms with Gasteiger partial charge in [-0.05, 0) is 22.0 Å². The molecule has 0 saturated heterocycles. The Hall–Kier alpha value is -1.11. The normalized spacial score (nSPS) is 13.7. The van der Waals surface area contributed by atoms with Crippen LogP contribution in [0, 0.1) is 0 Å². The molecule has 80 valence electrons. The maximum atomic E-state index is 13.0. The van der Waals surface area contributed by atoms with E-state index < -0.39 is 12.7 Å². The zero-order chi connectivity index (χ0) is 11.0. The lowest BCUT2D eigenvalue weighted by Crippen LogP contribution is -2.13. The number of rotatable bonds is 2. The molecule has 7 heteroatoms. The summed E-state index contributed by atoms with van der Waals surface area (Å²) in [6.45, 7) is 0. The van der Waals surface area contributed by atoms with Crippen molar-refractivity contribution >= 4 is 26.8 Å². The number of hydrogen-bond donors (Lipinski definition) is 0. The average molecular weight is 280 g/mol. The predicted octanol–water partition coefficient (Wildman–Crippen LogP) is 2.93. The van der Waals surface area contributed by atoms with E-state index in [0.29, 0.717) is 14.7 Å². The van der Waals surface area contributed by atoms with Crippen LogP contribution in [0.4, 0.5) is 13.2 Å². The van der Waals surface area contributed by atoms with Crippen molar-refractivity contribution in [3.63, 3.8) is 0 Å². The number of hydrogen-bond acceptors (Lipinski definition) is 2. The third-order valence-corrected chi connectivity index (χ3v) is 2.32. The summed E-state index contributed by atoms with van der Waals surface area (Å²) in [5, 5.41) is 4.11. The second-order valence-electron chi connectivity index (χ2n) is 2.86. The van der Waals surface area contributed by atoms with Gasteiger partial charge in [-0.25, -0.2) is 22.8 Å². The molecular weight excluding hydrogens is 275 g/mol. The maximum absolute atomic E-state index is 13.0. The smallest absolute Gasteiger partial charge is 0.247 e.